The Labute approximate surface area is 316 Å². The molecule has 0 saturated carbocycles. The Hall–Kier alpha value is -5.81. The molecule has 5 aromatic rings. The molecule has 286 valence electrons. The molecule has 3 N–H and O–H groups in total. The molecule has 55 heavy (non-hydrogen) atoms. The molecule has 0 amide bonds. The molecule has 0 aliphatic carbocycles. The van der Waals surface area contributed by atoms with Gasteiger partial charge in [-0.1, -0.05) is 47.5 Å². The van der Waals surface area contributed by atoms with E-state index in [1.54, 1.807) is 44.2 Å². The zero-order chi connectivity index (χ0) is 39.2. The molecular weight excluding hydrogens is 757 g/mol. The third-order valence-electron chi connectivity index (χ3n) is 9.00. The number of phenols is 1. The summed E-state index contributed by atoms with van der Waals surface area (Å²) in [6.07, 6.45) is -5.08. The van der Waals surface area contributed by atoms with E-state index >= 15 is 0 Å². The molecule has 14 nitrogen and oxygen atoms in total. The Kier molecular flexibility index (Phi) is 9.85. The topological polar surface area (TPSA) is 201 Å². The van der Waals surface area contributed by atoms with Crippen molar-refractivity contribution in [2.24, 2.45) is 0 Å². The molecule has 16 heteroatoms. The lowest BCUT2D eigenvalue weighted by atomic mass is 9.92. The van der Waals surface area contributed by atoms with Crippen LogP contribution in [0.25, 0.3) is 0 Å². The first-order valence-corrected chi connectivity index (χ1v) is 19.5. The van der Waals surface area contributed by atoms with Gasteiger partial charge in [0.25, 0.3) is 0 Å². The Morgan fingerprint density at radius 3 is 1.85 bits per heavy atom. The normalized spacial score (nSPS) is 19.2. The summed E-state index contributed by atoms with van der Waals surface area (Å²) in [4.78, 5) is 13.5. The Bertz CT molecular complexity index is 2500. The van der Waals surface area contributed by atoms with Crippen molar-refractivity contribution < 1.29 is 64.3 Å². The monoisotopic (exact) mass is 790 g/mol. The van der Waals surface area contributed by atoms with Gasteiger partial charge >= 0.3 is 20.2 Å². The van der Waals surface area contributed by atoms with E-state index in [-0.39, 0.29) is 44.1 Å². The van der Waals surface area contributed by atoms with E-state index in [0.717, 1.165) is 23.3 Å². The molecule has 4 atom stereocenters. The number of aryl methyl sites for hydroxylation is 2. The number of carbonyl (C=O) groups excluding carboxylic acids is 1. The number of aliphatic hydroxyl groups is 2. The molecule has 0 fully saturated rings. The minimum atomic E-state index is -4.60. The minimum Gasteiger partial charge on any atom is -0.504 e. The molecule has 0 saturated heterocycles. The molecule has 0 unspecified atom stereocenters. The zero-order valence-corrected chi connectivity index (χ0v) is 31.0. The second-order valence-corrected chi connectivity index (χ2v) is 16.0. The number of fused-ring (bicyclic) bond motifs is 2. The Balaban J connectivity index is 1.27. The first-order valence-electron chi connectivity index (χ1n) is 16.7. The van der Waals surface area contributed by atoms with Crippen molar-refractivity contribution in [3.63, 3.8) is 0 Å². The van der Waals surface area contributed by atoms with E-state index in [9.17, 15) is 36.9 Å². The number of hydrogen-bond donors (Lipinski definition) is 3. The number of ketones is 1. The molecule has 0 bridgehead atoms. The minimum absolute atomic E-state index is 0.109. The van der Waals surface area contributed by atoms with Gasteiger partial charge in [0.05, 0.1) is 13.7 Å². The predicted octanol–water partition coefficient (Wildman–Crippen LogP) is 5.10. The largest absolute Gasteiger partial charge is 0.504 e. The van der Waals surface area contributed by atoms with Gasteiger partial charge < -0.3 is 42.6 Å². The van der Waals surface area contributed by atoms with Crippen molar-refractivity contribution in [3.05, 3.63) is 125 Å². The molecule has 0 spiro atoms. The van der Waals surface area contributed by atoms with Gasteiger partial charge in [-0.2, -0.15) is 16.8 Å². The predicted molar refractivity (Wildman–Crippen MR) is 194 cm³/mol. The summed E-state index contributed by atoms with van der Waals surface area (Å²) in [5.41, 5.74) is 1.82. The average molecular weight is 791 g/mol. The van der Waals surface area contributed by atoms with Gasteiger partial charge in [0.2, 0.25) is 5.78 Å². The van der Waals surface area contributed by atoms with E-state index < -0.39 is 74.1 Å². The fraction of sp³-hybridized carbons (Fsp3) is 0.205. The molecule has 5 aromatic carbocycles. The van der Waals surface area contributed by atoms with Crippen LogP contribution in [0.1, 0.15) is 44.8 Å². The van der Waals surface area contributed by atoms with Crippen LogP contribution in [0.4, 0.5) is 0 Å². The number of aliphatic hydroxyl groups excluding tert-OH is 2. The van der Waals surface area contributed by atoms with Crippen molar-refractivity contribution in [3.8, 4) is 40.2 Å². The first-order chi connectivity index (χ1) is 26.2. The summed E-state index contributed by atoms with van der Waals surface area (Å²) >= 11 is 0. The highest BCUT2D eigenvalue weighted by atomic mass is 32.2. The zero-order valence-electron chi connectivity index (χ0n) is 29.4. The van der Waals surface area contributed by atoms with Gasteiger partial charge in [-0.25, -0.2) is 0 Å². The van der Waals surface area contributed by atoms with Gasteiger partial charge in [0, 0.05) is 17.7 Å². The number of Topliss-reactive ketones (excluding diaryl/α,β-unsaturated/α-hetero) is 1. The number of rotatable bonds is 10. The first kappa shape index (κ1) is 37.5. The molecule has 0 radical (unpaired) electrons. The second kappa shape index (κ2) is 14.4. The van der Waals surface area contributed by atoms with Gasteiger partial charge in [-0.3, -0.25) is 4.79 Å². The van der Waals surface area contributed by atoms with Crippen LogP contribution in [-0.2, 0) is 20.2 Å². The SMILES string of the molecule is COc1cc([C@H]2Oc3cc([C@H]4Oc5cc(OS(=O)(=O)c6ccc(C)cc6)cc(OS(=O)(=O)c6ccc(C)cc6)c5C(=O)[C@@H]4O)ccc3O[C@@H]2CO)ccc1O. The van der Waals surface area contributed by atoms with Crippen LogP contribution in [0.3, 0.4) is 0 Å². The number of benzene rings is 5. The summed E-state index contributed by atoms with van der Waals surface area (Å²) in [6.45, 7) is 3.10. The van der Waals surface area contributed by atoms with E-state index in [4.69, 9.17) is 27.3 Å². The van der Waals surface area contributed by atoms with Crippen molar-refractivity contribution in [2.75, 3.05) is 13.7 Å². The Morgan fingerprint density at radius 1 is 0.655 bits per heavy atom. The van der Waals surface area contributed by atoms with E-state index in [2.05, 4.69) is 0 Å². The molecule has 0 aromatic heterocycles. The van der Waals surface area contributed by atoms with Crippen molar-refractivity contribution in [1.29, 1.82) is 0 Å². The smallest absolute Gasteiger partial charge is 0.339 e. The summed E-state index contributed by atoms with van der Waals surface area (Å²) in [5, 5.41) is 31.6. The lowest BCUT2D eigenvalue weighted by molar-refractivity contribution is -0.0130. The lowest BCUT2D eigenvalue weighted by Crippen LogP contribution is -2.37. The van der Waals surface area contributed by atoms with E-state index in [1.165, 1.54) is 61.7 Å². The summed E-state index contributed by atoms with van der Waals surface area (Å²) in [5.74, 6) is -1.97. The maximum atomic E-state index is 14.0. The molecule has 2 aliphatic heterocycles. The standard InChI is InChI=1S/C39H34O14S2/c1-21-4-10-26(11-5-21)54(44,45)52-25-18-32-35(33(19-25)53-55(46,47)27-12-6-22(2)7-13-27)36(42)37(43)39(51-32)24-9-15-29-31(17-24)50-38(34(20-40)49-29)23-8-14-28(41)30(16-23)48-3/h4-19,34,37-41,43H,20H2,1-3H3/t34-,37+,38-,39-/m1/s1. The second-order valence-electron chi connectivity index (χ2n) is 12.9. The number of hydrogen-bond acceptors (Lipinski definition) is 14. The summed E-state index contributed by atoms with van der Waals surface area (Å²) in [7, 11) is -7.70. The van der Waals surface area contributed by atoms with Crippen LogP contribution in [0.2, 0.25) is 0 Å². The lowest BCUT2D eigenvalue weighted by Gasteiger charge is -2.35. The number of carbonyl (C=O) groups is 1. The summed E-state index contributed by atoms with van der Waals surface area (Å²) < 4.78 is 87.9. The van der Waals surface area contributed by atoms with E-state index in [1.807, 2.05) is 0 Å². The van der Waals surface area contributed by atoms with Gasteiger partial charge in [-0.15, -0.1) is 0 Å². The third-order valence-corrected chi connectivity index (χ3v) is 11.5. The van der Waals surface area contributed by atoms with Gasteiger partial charge in [-0.05, 0) is 67.9 Å². The highest BCUT2D eigenvalue weighted by molar-refractivity contribution is 7.87. The van der Waals surface area contributed by atoms with Crippen LogP contribution in [0.5, 0.6) is 40.2 Å². The van der Waals surface area contributed by atoms with Crippen molar-refractivity contribution in [2.45, 2.75) is 48.1 Å². The van der Waals surface area contributed by atoms with Crippen LogP contribution >= 0.6 is 0 Å². The van der Waals surface area contributed by atoms with Crippen LogP contribution in [0, 0.1) is 13.8 Å². The quantitative estimate of drug-likeness (QED) is 0.158. The fourth-order valence-corrected chi connectivity index (χ4v) is 7.97. The van der Waals surface area contributed by atoms with Crippen LogP contribution in [0.15, 0.2) is 107 Å². The number of methoxy groups -OCH3 is 1. The average Bonchev–Trinajstić information content (AvgIpc) is 3.15. The highest BCUT2D eigenvalue weighted by Crippen LogP contribution is 2.47. The molecular formula is C39H34O14S2. The number of phenolic OH excluding ortho intramolecular Hbond substituents is 1. The number of aromatic hydroxyl groups is 1. The van der Waals surface area contributed by atoms with Crippen LogP contribution in [-0.4, -0.2) is 63.9 Å². The fourth-order valence-electron chi connectivity index (χ4n) is 6.12. The maximum absolute atomic E-state index is 14.0. The third kappa shape index (κ3) is 7.36. The van der Waals surface area contributed by atoms with Crippen LogP contribution < -0.4 is 27.3 Å². The number of ether oxygens (including phenoxy) is 4. The van der Waals surface area contributed by atoms with E-state index in [0.29, 0.717) is 5.56 Å². The van der Waals surface area contributed by atoms with Gasteiger partial charge in [0.15, 0.2) is 53.2 Å². The molecule has 2 heterocycles. The van der Waals surface area contributed by atoms with Gasteiger partial charge in [0.1, 0.15) is 26.9 Å². The van der Waals surface area contributed by atoms with Crippen molar-refractivity contribution >= 4 is 26.0 Å². The highest BCUT2D eigenvalue weighted by Gasteiger charge is 2.42. The molecule has 2 aliphatic rings. The summed E-state index contributed by atoms with van der Waals surface area (Å²) in [6, 6.07) is 22.5. The van der Waals surface area contributed by atoms with Crippen molar-refractivity contribution in [1.82, 2.24) is 0 Å². The Morgan fingerprint density at radius 2 is 1.24 bits per heavy atom. The maximum Gasteiger partial charge on any atom is 0.339 e. The molecule has 7 rings (SSSR count).